The third kappa shape index (κ3) is 3.84. The maximum atomic E-state index is 13.6. The van der Waals surface area contributed by atoms with Crippen molar-refractivity contribution in [3.8, 4) is 11.5 Å². The first-order chi connectivity index (χ1) is 15.2. The Balaban J connectivity index is 1.75. The molecule has 2 aliphatic rings. The number of carboxylic acid groups (broad SMARTS) is 1. The fourth-order valence-electron chi connectivity index (χ4n) is 4.16. The topological polar surface area (TPSA) is 118 Å². The summed E-state index contributed by atoms with van der Waals surface area (Å²) in [6.45, 7) is 5.31. The van der Waals surface area contributed by atoms with Gasteiger partial charge in [0.15, 0.2) is 11.4 Å². The highest BCUT2D eigenvalue weighted by molar-refractivity contribution is 6.05. The maximum absolute atomic E-state index is 13.6. The Morgan fingerprint density at radius 3 is 2.53 bits per heavy atom. The third-order valence-corrected chi connectivity index (χ3v) is 6.33. The number of nitrogens with one attached hydrogen (secondary N) is 1. The van der Waals surface area contributed by atoms with Crippen molar-refractivity contribution >= 4 is 17.6 Å². The van der Waals surface area contributed by atoms with Gasteiger partial charge in [0.1, 0.15) is 29.5 Å². The SMILES string of the molecule is CC1(COc2ccccc2)Oc2cc(N3CCOCC3)[nH]c(=O)c2C(=O)C1(C)CC(=O)O. The molecule has 2 atom stereocenters. The first kappa shape index (κ1) is 21.9. The molecule has 0 radical (unpaired) electrons. The van der Waals surface area contributed by atoms with Gasteiger partial charge < -0.3 is 29.2 Å². The molecule has 1 aromatic carbocycles. The van der Waals surface area contributed by atoms with E-state index in [9.17, 15) is 19.5 Å². The van der Waals surface area contributed by atoms with Gasteiger partial charge in [-0.2, -0.15) is 0 Å². The summed E-state index contributed by atoms with van der Waals surface area (Å²) in [6.07, 6.45) is -0.509. The molecule has 3 heterocycles. The van der Waals surface area contributed by atoms with Gasteiger partial charge in [0.2, 0.25) is 0 Å². The van der Waals surface area contributed by atoms with Crippen LogP contribution in [0.15, 0.2) is 41.2 Å². The minimum atomic E-state index is -1.52. The number of nitrogens with zero attached hydrogens (tertiary/aromatic N) is 1. The van der Waals surface area contributed by atoms with Crippen molar-refractivity contribution in [3.63, 3.8) is 0 Å². The van der Waals surface area contributed by atoms with Gasteiger partial charge in [-0.05, 0) is 26.0 Å². The summed E-state index contributed by atoms with van der Waals surface area (Å²) in [5, 5.41) is 9.54. The van der Waals surface area contributed by atoms with Crippen LogP contribution in [-0.4, -0.2) is 60.4 Å². The number of benzene rings is 1. The van der Waals surface area contributed by atoms with Crippen LogP contribution < -0.4 is 19.9 Å². The lowest BCUT2D eigenvalue weighted by molar-refractivity contribution is -0.144. The van der Waals surface area contributed by atoms with E-state index >= 15 is 0 Å². The zero-order valence-corrected chi connectivity index (χ0v) is 18.1. The quantitative estimate of drug-likeness (QED) is 0.698. The van der Waals surface area contributed by atoms with E-state index in [1.807, 2.05) is 23.1 Å². The van der Waals surface area contributed by atoms with E-state index < -0.39 is 34.7 Å². The summed E-state index contributed by atoms with van der Waals surface area (Å²) in [6, 6.07) is 10.6. The lowest BCUT2D eigenvalue weighted by atomic mass is 9.66. The van der Waals surface area contributed by atoms with Crippen LogP contribution in [0.1, 0.15) is 30.6 Å². The monoisotopic (exact) mass is 442 g/mol. The summed E-state index contributed by atoms with van der Waals surface area (Å²) in [5.41, 5.74) is -3.62. The predicted molar refractivity (Wildman–Crippen MR) is 116 cm³/mol. The Morgan fingerprint density at radius 2 is 1.88 bits per heavy atom. The highest BCUT2D eigenvalue weighted by atomic mass is 16.5. The minimum Gasteiger partial charge on any atom is -0.489 e. The fraction of sp³-hybridized carbons (Fsp3) is 0.435. The van der Waals surface area contributed by atoms with Gasteiger partial charge in [-0.3, -0.25) is 14.4 Å². The summed E-state index contributed by atoms with van der Waals surface area (Å²) < 4.78 is 17.5. The number of morpholine rings is 1. The maximum Gasteiger partial charge on any atom is 0.304 e. The second kappa shape index (κ2) is 8.31. The number of carboxylic acids is 1. The van der Waals surface area contributed by atoms with Crippen LogP contribution in [0.3, 0.4) is 0 Å². The minimum absolute atomic E-state index is 0.0777. The lowest BCUT2D eigenvalue weighted by Crippen LogP contribution is -2.61. The van der Waals surface area contributed by atoms with Crippen LogP contribution in [-0.2, 0) is 9.53 Å². The molecule has 2 unspecified atom stereocenters. The van der Waals surface area contributed by atoms with E-state index in [4.69, 9.17) is 14.2 Å². The van der Waals surface area contributed by atoms with Gasteiger partial charge in [0.05, 0.1) is 25.0 Å². The first-order valence-electron chi connectivity index (χ1n) is 10.5. The molecule has 0 aliphatic carbocycles. The molecule has 170 valence electrons. The molecule has 2 N–H and O–H groups in total. The molecule has 1 saturated heterocycles. The number of hydrogen-bond acceptors (Lipinski definition) is 7. The Bertz CT molecular complexity index is 1080. The number of carbonyl (C=O) groups is 2. The normalized spacial score (nSPS) is 25.1. The number of H-pyrrole nitrogens is 1. The molecule has 32 heavy (non-hydrogen) atoms. The number of hydrogen-bond donors (Lipinski definition) is 2. The zero-order valence-electron chi connectivity index (χ0n) is 18.1. The molecule has 2 aromatic rings. The van der Waals surface area contributed by atoms with E-state index in [2.05, 4.69) is 4.98 Å². The number of ketones is 1. The van der Waals surface area contributed by atoms with E-state index in [1.165, 1.54) is 6.92 Å². The zero-order chi connectivity index (χ0) is 22.9. The van der Waals surface area contributed by atoms with Gasteiger partial charge in [0.25, 0.3) is 5.56 Å². The number of aliphatic carboxylic acids is 1. The molecule has 1 fully saturated rings. The van der Waals surface area contributed by atoms with Crippen LogP contribution >= 0.6 is 0 Å². The molecule has 0 spiro atoms. The number of anilines is 1. The first-order valence-corrected chi connectivity index (χ1v) is 10.5. The molecule has 0 amide bonds. The van der Waals surface area contributed by atoms with E-state index in [0.29, 0.717) is 37.9 Å². The molecule has 2 aliphatic heterocycles. The smallest absolute Gasteiger partial charge is 0.304 e. The number of fused-ring (bicyclic) bond motifs is 1. The van der Waals surface area contributed by atoms with Crippen molar-refractivity contribution in [1.29, 1.82) is 0 Å². The number of rotatable bonds is 6. The van der Waals surface area contributed by atoms with Crippen molar-refractivity contribution in [1.82, 2.24) is 4.98 Å². The number of ether oxygens (including phenoxy) is 3. The average Bonchev–Trinajstić information content (AvgIpc) is 2.77. The van der Waals surface area contributed by atoms with Crippen LogP contribution in [0.2, 0.25) is 0 Å². The van der Waals surface area contributed by atoms with Gasteiger partial charge in [-0.25, -0.2) is 0 Å². The Kier molecular flexibility index (Phi) is 5.68. The highest BCUT2D eigenvalue weighted by Crippen LogP contribution is 2.47. The van der Waals surface area contributed by atoms with Crippen LogP contribution in [0.5, 0.6) is 11.5 Å². The number of Topliss-reactive ketones (excluding diaryl/α,β-unsaturated/α-hetero) is 1. The Hall–Kier alpha value is -3.33. The molecule has 9 heteroatoms. The molecule has 0 bridgehead atoms. The molecule has 9 nitrogen and oxygen atoms in total. The largest absolute Gasteiger partial charge is 0.489 e. The molecular formula is C23H26N2O7. The molecular weight excluding hydrogens is 416 g/mol. The van der Waals surface area contributed by atoms with Crippen LogP contribution in [0.4, 0.5) is 5.82 Å². The lowest BCUT2D eigenvalue weighted by Gasteiger charge is -2.47. The van der Waals surface area contributed by atoms with Crippen molar-refractivity contribution in [2.75, 3.05) is 37.8 Å². The number of para-hydroxylation sites is 1. The second-order valence-corrected chi connectivity index (χ2v) is 8.49. The number of carbonyl (C=O) groups excluding carboxylic acids is 1. The Morgan fingerprint density at radius 1 is 1.19 bits per heavy atom. The summed E-state index contributed by atoms with van der Waals surface area (Å²) in [4.78, 5) is 42.8. The van der Waals surface area contributed by atoms with Gasteiger partial charge in [-0.1, -0.05) is 18.2 Å². The van der Waals surface area contributed by atoms with Crippen molar-refractivity contribution in [2.24, 2.45) is 5.41 Å². The van der Waals surface area contributed by atoms with E-state index in [1.54, 1.807) is 25.1 Å². The summed E-state index contributed by atoms with van der Waals surface area (Å²) in [7, 11) is 0. The fourth-order valence-corrected chi connectivity index (χ4v) is 4.16. The predicted octanol–water partition coefficient (Wildman–Crippen LogP) is 2.11. The second-order valence-electron chi connectivity index (χ2n) is 8.49. The molecule has 1 aromatic heterocycles. The number of aromatic amines is 1. The van der Waals surface area contributed by atoms with E-state index in [0.717, 1.165) is 0 Å². The Labute approximate surface area is 184 Å². The number of aromatic nitrogens is 1. The standard InChI is InChI=1S/C23H26N2O7/c1-22(13-18(26)27)20(28)19-16(12-17(24-21(19)29)25-8-10-30-11-9-25)32-23(22,2)14-31-15-6-4-3-5-7-15/h3-7,12H,8-11,13-14H2,1-2H3,(H,24,29)(H,26,27). The molecule has 4 rings (SSSR count). The van der Waals surface area contributed by atoms with Crippen molar-refractivity contribution in [3.05, 3.63) is 52.3 Å². The van der Waals surface area contributed by atoms with Crippen molar-refractivity contribution < 1.29 is 28.9 Å². The molecule has 0 saturated carbocycles. The van der Waals surface area contributed by atoms with Crippen LogP contribution in [0.25, 0.3) is 0 Å². The third-order valence-electron chi connectivity index (χ3n) is 6.33. The highest BCUT2D eigenvalue weighted by Gasteiger charge is 2.58. The van der Waals surface area contributed by atoms with Gasteiger partial charge in [-0.15, -0.1) is 0 Å². The summed E-state index contributed by atoms with van der Waals surface area (Å²) in [5.74, 6) is -0.524. The van der Waals surface area contributed by atoms with Crippen molar-refractivity contribution in [2.45, 2.75) is 25.9 Å². The summed E-state index contributed by atoms with van der Waals surface area (Å²) >= 11 is 0. The van der Waals surface area contributed by atoms with Gasteiger partial charge >= 0.3 is 5.97 Å². The van der Waals surface area contributed by atoms with E-state index in [-0.39, 0.29) is 17.9 Å². The average molecular weight is 442 g/mol. The number of pyridine rings is 1. The van der Waals surface area contributed by atoms with Gasteiger partial charge in [0, 0.05) is 19.2 Å². The van der Waals surface area contributed by atoms with Crippen LogP contribution in [0, 0.1) is 5.41 Å².